The molecule has 4 heteroatoms. The lowest BCUT2D eigenvalue weighted by atomic mass is 9.80. The molecule has 2 aromatic carbocycles. The number of likely N-dealkylation sites (N-methyl/N-ethyl adjacent to an activating group) is 1. The first-order chi connectivity index (χ1) is 15.0. The lowest BCUT2D eigenvalue weighted by Gasteiger charge is -2.42. The van der Waals surface area contributed by atoms with Crippen LogP contribution in [0.25, 0.3) is 0 Å². The maximum atomic E-state index is 13.4. The molecule has 2 unspecified atom stereocenters. The van der Waals surface area contributed by atoms with Crippen LogP contribution in [0.4, 0.5) is 0 Å². The lowest BCUT2D eigenvalue weighted by molar-refractivity contribution is -0.916. The summed E-state index contributed by atoms with van der Waals surface area (Å²) >= 11 is 0. The number of hydrogen-bond donors (Lipinski definition) is 1. The van der Waals surface area contributed by atoms with Gasteiger partial charge in [0.15, 0.2) is 11.7 Å². The number of nitrogens with zero attached hydrogens (tertiary/aromatic N) is 1. The van der Waals surface area contributed by atoms with Crippen LogP contribution in [0.2, 0.25) is 0 Å². The number of benzene rings is 2. The minimum absolute atomic E-state index is 0.0649. The van der Waals surface area contributed by atoms with E-state index in [-0.39, 0.29) is 12.0 Å². The normalized spacial score (nSPS) is 26.3. The van der Waals surface area contributed by atoms with Crippen molar-refractivity contribution in [2.75, 3.05) is 26.7 Å². The van der Waals surface area contributed by atoms with Gasteiger partial charge in [0.1, 0.15) is 6.54 Å². The van der Waals surface area contributed by atoms with Gasteiger partial charge in [0.2, 0.25) is 0 Å². The van der Waals surface area contributed by atoms with Crippen LogP contribution in [0.15, 0.2) is 60.7 Å². The molecule has 1 aliphatic heterocycles. The number of carbonyl (C=O) groups excluding carboxylic acids is 1. The van der Waals surface area contributed by atoms with Crippen molar-refractivity contribution in [1.29, 1.82) is 0 Å². The number of piperidine rings is 1. The number of hydrogen-bond acceptors (Lipinski definition) is 3. The van der Waals surface area contributed by atoms with E-state index in [1.807, 2.05) is 36.4 Å². The number of rotatable bonds is 7. The van der Waals surface area contributed by atoms with E-state index in [0.29, 0.717) is 5.56 Å². The van der Waals surface area contributed by atoms with Gasteiger partial charge in [-0.05, 0) is 30.4 Å². The second-order valence-electron chi connectivity index (χ2n) is 9.77. The minimum Gasteiger partial charge on any atom is -0.454 e. The van der Waals surface area contributed by atoms with Crippen molar-refractivity contribution in [1.82, 2.24) is 0 Å². The fourth-order valence-electron chi connectivity index (χ4n) is 5.52. The molecular weight excluding hydrogens is 386 g/mol. The number of esters is 1. The van der Waals surface area contributed by atoms with Crippen molar-refractivity contribution in [2.24, 2.45) is 5.92 Å². The molecule has 4 nitrogen and oxygen atoms in total. The molecular formula is C27H36NO3+. The molecule has 1 saturated heterocycles. The van der Waals surface area contributed by atoms with Crippen molar-refractivity contribution in [2.45, 2.75) is 56.7 Å². The molecule has 1 N–H and O–H groups in total. The number of ether oxygens (including phenoxy) is 1. The van der Waals surface area contributed by atoms with Gasteiger partial charge in [-0.2, -0.15) is 0 Å². The van der Waals surface area contributed by atoms with Crippen molar-refractivity contribution in [3.05, 3.63) is 71.8 Å². The summed E-state index contributed by atoms with van der Waals surface area (Å²) in [5, 5.41) is 11.7. The van der Waals surface area contributed by atoms with Crippen LogP contribution in [-0.2, 0) is 21.6 Å². The third-order valence-electron chi connectivity index (χ3n) is 7.40. The number of carbonyl (C=O) groups is 1. The summed E-state index contributed by atoms with van der Waals surface area (Å²) in [6, 6.07) is 20.0. The highest BCUT2D eigenvalue weighted by Crippen LogP contribution is 2.42. The van der Waals surface area contributed by atoms with E-state index >= 15 is 0 Å². The zero-order chi connectivity index (χ0) is 21.7. The van der Waals surface area contributed by atoms with Crippen LogP contribution in [0.3, 0.4) is 0 Å². The molecule has 1 aliphatic carbocycles. The summed E-state index contributed by atoms with van der Waals surface area (Å²) in [6.07, 6.45) is 6.66. The van der Waals surface area contributed by atoms with Gasteiger partial charge in [-0.25, -0.2) is 4.79 Å². The Bertz CT molecular complexity index is 849. The molecule has 0 spiro atoms. The topological polar surface area (TPSA) is 46.5 Å². The van der Waals surface area contributed by atoms with E-state index in [9.17, 15) is 9.90 Å². The largest absolute Gasteiger partial charge is 0.454 e. The minimum atomic E-state index is -1.54. The Morgan fingerprint density at radius 1 is 1.00 bits per heavy atom. The summed E-state index contributed by atoms with van der Waals surface area (Å²) in [5.74, 6) is -0.517. The van der Waals surface area contributed by atoms with Crippen molar-refractivity contribution >= 4 is 5.97 Å². The van der Waals surface area contributed by atoms with Gasteiger partial charge in [-0.1, -0.05) is 73.5 Å². The number of quaternary nitrogens is 1. The first-order valence-electron chi connectivity index (χ1n) is 11.9. The highest BCUT2D eigenvalue weighted by molar-refractivity contribution is 5.81. The summed E-state index contributed by atoms with van der Waals surface area (Å²) in [7, 11) is 2.27. The van der Waals surface area contributed by atoms with Gasteiger partial charge in [0, 0.05) is 18.8 Å². The Labute approximate surface area is 186 Å². The van der Waals surface area contributed by atoms with E-state index in [1.54, 1.807) is 0 Å². The molecule has 0 radical (unpaired) electrons. The Morgan fingerprint density at radius 2 is 1.65 bits per heavy atom. The van der Waals surface area contributed by atoms with Crippen LogP contribution in [0.5, 0.6) is 0 Å². The van der Waals surface area contributed by atoms with Gasteiger partial charge >= 0.3 is 5.97 Å². The summed E-state index contributed by atoms with van der Waals surface area (Å²) < 4.78 is 6.97. The van der Waals surface area contributed by atoms with Crippen LogP contribution in [0.1, 0.15) is 49.7 Å². The Balaban J connectivity index is 1.44. The van der Waals surface area contributed by atoms with Gasteiger partial charge in [-0.3, -0.25) is 0 Å². The van der Waals surface area contributed by atoms with Crippen LogP contribution in [0, 0.1) is 5.92 Å². The average Bonchev–Trinajstić information content (AvgIpc) is 3.34. The molecule has 2 fully saturated rings. The zero-order valence-electron chi connectivity index (χ0n) is 18.7. The zero-order valence-corrected chi connectivity index (χ0v) is 18.7. The van der Waals surface area contributed by atoms with Crippen LogP contribution in [-0.4, -0.2) is 48.3 Å². The van der Waals surface area contributed by atoms with Crippen molar-refractivity contribution < 1.29 is 19.1 Å². The molecule has 2 aromatic rings. The molecule has 166 valence electrons. The fraction of sp³-hybridized carbons (Fsp3) is 0.519. The van der Waals surface area contributed by atoms with Crippen LogP contribution >= 0.6 is 0 Å². The number of likely N-dealkylation sites (tertiary alicyclic amines) is 1. The highest BCUT2D eigenvalue weighted by atomic mass is 16.6. The molecule has 0 aromatic heterocycles. The SMILES string of the molecule is C[N@+]1(CCc2ccccc2)CCCC(OC(=O)C(O)(c2ccccc2)C2CCCC2)C1. The summed E-state index contributed by atoms with van der Waals surface area (Å²) in [6.45, 7) is 2.95. The smallest absolute Gasteiger partial charge is 0.343 e. The summed E-state index contributed by atoms with van der Waals surface area (Å²) in [5.41, 5.74) is 0.479. The summed E-state index contributed by atoms with van der Waals surface area (Å²) in [4.78, 5) is 13.4. The van der Waals surface area contributed by atoms with E-state index in [0.717, 1.165) is 69.1 Å². The quantitative estimate of drug-likeness (QED) is 0.529. The third-order valence-corrected chi connectivity index (χ3v) is 7.40. The average molecular weight is 423 g/mol. The van der Waals surface area contributed by atoms with E-state index < -0.39 is 11.6 Å². The van der Waals surface area contributed by atoms with Gasteiger partial charge < -0.3 is 14.3 Å². The van der Waals surface area contributed by atoms with Crippen molar-refractivity contribution in [3.63, 3.8) is 0 Å². The first kappa shape index (κ1) is 22.0. The third kappa shape index (κ3) is 5.02. The molecule has 2 aliphatic rings. The Hall–Kier alpha value is -2.17. The fourth-order valence-corrected chi connectivity index (χ4v) is 5.52. The molecule has 1 heterocycles. The van der Waals surface area contributed by atoms with E-state index in [2.05, 4.69) is 31.3 Å². The van der Waals surface area contributed by atoms with Gasteiger partial charge in [-0.15, -0.1) is 0 Å². The Kier molecular flexibility index (Phi) is 6.78. The molecule has 3 atom stereocenters. The lowest BCUT2D eigenvalue weighted by Crippen LogP contribution is -2.56. The van der Waals surface area contributed by atoms with E-state index in [4.69, 9.17) is 4.74 Å². The number of aliphatic hydroxyl groups is 1. The van der Waals surface area contributed by atoms with E-state index in [1.165, 1.54) is 5.56 Å². The molecule has 31 heavy (non-hydrogen) atoms. The predicted molar refractivity (Wildman–Crippen MR) is 122 cm³/mol. The second kappa shape index (κ2) is 9.54. The maximum absolute atomic E-state index is 13.4. The molecule has 0 amide bonds. The standard InChI is InChI=1S/C27H36NO3/c1-28(20-18-22-11-4-2-5-12-22)19-10-17-25(21-28)31-26(29)27(30,24-15-8-9-16-24)23-13-6-3-7-14-23/h2-7,11-14,24-25,30H,8-10,15-21H2,1H3/q+1/t25?,27?,28-/m1/s1. The van der Waals surface area contributed by atoms with Crippen LogP contribution < -0.4 is 0 Å². The van der Waals surface area contributed by atoms with Gasteiger partial charge in [0.05, 0.1) is 20.1 Å². The predicted octanol–water partition coefficient (Wildman–Crippen LogP) is 4.46. The maximum Gasteiger partial charge on any atom is 0.343 e. The monoisotopic (exact) mass is 422 g/mol. The van der Waals surface area contributed by atoms with Crippen molar-refractivity contribution in [3.8, 4) is 0 Å². The highest BCUT2D eigenvalue weighted by Gasteiger charge is 2.49. The van der Waals surface area contributed by atoms with Gasteiger partial charge in [0.25, 0.3) is 0 Å². The molecule has 1 saturated carbocycles. The molecule has 4 rings (SSSR count). The second-order valence-corrected chi connectivity index (χ2v) is 9.77. The first-order valence-corrected chi connectivity index (χ1v) is 11.9. The molecule has 0 bridgehead atoms. The Morgan fingerprint density at radius 3 is 2.32 bits per heavy atom.